The molecule has 0 spiro atoms. The lowest BCUT2D eigenvalue weighted by atomic mass is 10.1. The molecule has 29 heavy (non-hydrogen) atoms. The van der Waals surface area contributed by atoms with E-state index in [1.54, 1.807) is 0 Å². The summed E-state index contributed by atoms with van der Waals surface area (Å²) in [7, 11) is 1.75. The maximum Gasteiger partial charge on any atom is 0.472 e. The van der Waals surface area contributed by atoms with Crippen molar-refractivity contribution in [1.82, 2.24) is 0 Å². The van der Waals surface area contributed by atoms with Gasteiger partial charge in [0.05, 0.1) is 34.4 Å². The van der Waals surface area contributed by atoms with Crippen molar-refractivity contribution in [1.29, 1.82) is 0 Å². The number of likely N-dealkylation sites (N-methyl/N-ethyl adjacent to an activating group) is 1. The van der Waals surface area contributed by atoms with Crippen molar-refractivity contribution in [2.75, 3.05) is 54.1 Å². The van der Waals surface area contributed by atoms with Gasteiger partial charge in [-0.3, -0.25) is 9.05 Å². The molecule has 8 heteroatoms. The Morgan fingerprint density at radius 2 is 1.31 bits per heavy atom. The number of phosphoric acid groups is 1. The number of hydrogen-bond donors (Lipinski definition) is 2. The van der Waals surface area contributed by atoms with Crippen molar-refractivity contribution in [3.8, 4) is 0 Å². The summed E-state index contributed by atoms with van der Waals surface area (Å²) in [5, 5.41) is 9.80. The first-order valence-corrected chi connectivity index (χ1v) is 12.8. The molecule has 0 aliphatic heterocycles. The van der Waals surface area contributed by atoms with Crippen LogP contribution in [0.4, 0.5) is 0 Å². The van der Waals surface area contributed by atoms with Crippen molar-refractivity contribution >= 4 is 7.82 Å². The van der Waals surface area contributed by atoms with E-state index in [0.29, 0.717) is 17.6 Å². The molecule has 2 atom stereocenters. The molecule has 0 rings (SSSR count). The number of hydrogen-bond acceptors (Lipinski definition) is 5. The zero-order chi connectivity index (χ0) is 22.0. The van der Waals surface area contributed by atoms with Crippen LogP contribution in [0.5, 0.6) is 0 Å². The molecule has 0 radical (unpaired) electrons. The van der Waals surface area contributed by atoms with Gasteiger partial charge in [-0.05, 0) is 6.42 Å². The van der Waals surface area contributed by atoms with E-state index >= 15 is 0 Å². The van der Waals surface area contributed by atoms with Gasteiger partial charge in [-0.15, -0.1) is 0 Å². The number of unbranched alkanes of at least 4 members (excludes halogenated alkanes) is 10. The average Bonchev–Trinajstić information content (AvgIpc) is 2.62. The number of ether oxygens (including phenoxy) is 1. The summed E-state index contributed by atoms with van der Waals surface area (Å²) >= 11 is 0. The zero-order valence-electron chi connectivity index (χ0n) is 19.3. The number of rotatable bonds is 21. The molecule has 0 heterocycles. The van der Waals surface area contributed by atoms with E-state index in [-0.39, 0.29) is 19.8 Å². The molecular weight excluding hydrogens is 393 g/mol. The van der Waals surface area contributed by atoms with Crippen LogP contribution in [0.3, 0.4) is 0 Å². The highest BCUT2D eigenvalue weighted by Crippen LogP contribution is 2.43. The number of aliphatic hydroxyl groups excluding tert-OH is 1. The lowest BCUT2D eigenvalue weighted by molar-refractivity contribution is -0.870. The molecule has 0 aromatic heterocycles. The monoisotopic (exact) mass is 440 g/mol. The maximum atomic E-state index is 11.7. The summed E-state index contributed by atoms with van der Waals surface area (Å²) in [5.41, 5.74) is 0. The molecule has 176 valence electrons. The first-order chi connectivity index (χ1) is 13.7. The van der Waals surface area contributed by atoms with E-state index in [1.807, 2.05) is 21.1 Å². The van der Waals surface area contributed by atoms with Crippen molar-refractivity contribution in [3.63, 3.8) is 0 Å². The molecule has 7 nitrogen and oxygen atoms in total. The van der Waals surface area contributed by atoms with E-state index in [9.17, 15) is 14.6 Å². The fourth-order valence-corrected chi connectivity index (χ4v) is 3.53. The van der Waals surface area contributed by atoms with Gasteiger partial charge in [0.15, 0.2) is 0 Å². The topological polar surface area (TPSA) is 85.2 Å². The Kier molecular flexibility index (Phi) is 17.6. The number of aliphatic hydroxyl groups is 1. The van der Waals surface area contributed by atoms with Gasteiger partial charge in [-0.25, -0.2) is 4.57 Å². The normalized spacial score (nSPS) is 15.4. The van der Waals surface area contributed by atoms with Crippen LogP contribution in [0.25, 0.3) is 0 Å². The molecule has 0 fully saturated rings. The molecular formula is C21H47NO6P+. The van der Waals surface area contributed by atoms with Gasteiger partial charge in [0.2, 0.25) is 0 Å². The fraction of sp³-hybridized carbons (Fsp3) is 1.00. The standard InChI is InChI=1S/C21H46NO6P/c1-5-6-7-8-9-10-11-12-13-14-15-17-26-19-21(23)20-28-29(24,25)27-18-16-22(2,3)4/h21,23H,5-20H2,1-4H3/p+1/t21-/m0/s1. The lowest BCUT2D eigenvalue weighted by Crippen LogP contribution is -2.37. The van der Waals surface area contributed by atoms with Gasteiger partial charge < -0.3 is 19.2 Å². The smallest absolute Gasteiger partial charge is 0.388 e. The first-order valence-electron chi connectivity index (χ1n) is 11.3. The van der Waals surface area contributed by atoms with Gasteiger partial charge in [-0.1, -0.05) is 71.1 Å². The Hall–Kier alpha value is -0.0100. The molecule has 0 bridgehead atoms. The van der Waals surface area contributed by atoms with Crippen LogP contribution in [0.15, 0.2) is 0 Å². The number of quaternary nitrogens is 1. The number of nitrogens with zero attached hydrogens (tertiary/aromatic N) is 1. The third kappa shape index (κ3) is 22.5. The van der Waals surface area contributed by atoms with E-state index in [2.05, 4.69) is 6.92 Å². The van der Waals surface area contributed by atoms with Gasteiger partial charge in [0.1, 0.15) is 19.3 Å². The van der Waals surface area contributed by atoms with Crippen molar-refractivity contribution in [2.24, 2.45) is 0 Å². The highest BCUT2D eigenvalue weighted by atomic mass is 31.2. The Labute approximate surface area is 178 Å². The van der Waals surface area contributed by atoms with Gasteiger partial charge in [-0.2, -0.15) is 0 Å². The largest absolute Gasteiger partial charge is 0.472 e. The first kappa shape index (κ1) is 29.0. The Balaban J connectivity index is 3.47. The van der Waals surface area contributed by atoms with E-state index in [1.165, 1.54) is 57.8 Å². The minimum absolute atomic E-state index is 0.0939. The van der Waals surface area contributed by atoms with Crippen molar-refractivity contribution < 1.29 is 32.8 Å². The molecule has 0 amide bonds. The average molecular weight is 441 g/mol. The summed E-state index contributed by atoms with van der Waals surface area (Å²) in [6, 6.07) is 0. The third-order valence-corrected chi connectivity index (χ3v) is 5.63. The van der Waals surface area contributed by atoms with Crippen LogP contribution < -0.4 is 0 Å². The minimum Gasteiger partial charge on any atom is -0.388 e. The second kappa shape index (κ2) is 17.6. The van der Waals surface area contributed by atoms with Crippen LogP contribution in [0.1, 0.15) is 77.6 Å². The van der Waals surface area contributed by atoms with Crippen LogP contribution in [-0.4, -0.2) is 74.7 Å². The molecule has 0 aliphatic rings. The van der Waals surface area contributed by atoms with Gasteiger partial charge >= 0.3 is 7.82 Å². The molecule has 0 saturated carbocycles. The van der Waals surface area contributed by atoms with Crippen molar-refractivity contribution in [3.05, 3.63) is 0 Å². The predicted octanol–water partition coefficient (Wildman–Crippen LogP) is 4.51. The third-order valence-electron chi connectivity index (χ3n) is 4.65. The molecule has 2 N–H and O–H groups in total. The Morgan fingerprint density at radius 1 is 0.793 bits per heavy atom. The molecule has 1 unspecified atom stereocenters. The number of phosphoric ester groups is 1. The van der Waals surface area contributed by atoms with Crippen LogP contribution in [0, 0.1) is 0 Å². The van der Waals surface area contributed by atoms with E-state index < -0.39 is 13.9 Å². The van der Waals surface area contributed by atoms with Crippen LogP contribution in [0.2, 0.25) is 0 Å². The molecule has 0 aromatic rings. The molecule has 0 aromatic carbocycles. The molecule has 0 aliphatic carbocycles. The highest BCUT2D eigenvalue weighted by molar-refractivity contribution is 7.47. The van der Waals surface area contributed by atoms with Crippen molar-refractivity contribution in [2.45, 2.75) is 83.7 Å². The lowest BCUT2D eigenvalue weighted by Gasteiger charge is -2.24. The maximum absolute atomic E-state index is 11.7. The quantitative estimate of drug-likeness (QED) is 0.155. The Bertz CT molecular complexity index is 416. The molecule has 0 saturated heterocycles. The van der Waals surface area contributed by atoms with E-state index in [4.69, 9.17) is 13.8 Å². The van der Waals surface area contributed by atoms with Gasteiger partial charge in [0, 0.05) is 6.61 Å². The highest BCUT2D eigenvalue weighted by Gasteiger charge is 2.24. The second-order valence-corrected chi connectivity index (χ2v) is 10.3. The second-order valence-electron chi connectivity index (χ2n) is 8.88. The van der Waals surface area contributed by atoms with Gasteiger partial charge in [0.25, 0.3) is 0 Å². The SMILES string of the molecule is CCCCCCCCCCCCCOC[C@H](O)COP(=O)(O)OCC[N+](C)(C)C. The fourth-order valence-electron chi connectivity index (χ4n) is 2.78. The summed E-state index contributed by atoms with van der Waals surface area (Å²) in [6.07, 6.45) is 13.1. The summed E-state index contributed by atoms with van der Waals surface area (Å²) in [6.45, 7) is 3.34. The summed E-state index contributed by atoms with van der Waals surface area (Å²) in [4.78, 5) is 9.60. The van der Waals surface area contributed by atoms with E-state index in [0.717, 1.165) is 12.8 Å². The summed E-state index contributed by atoms with van der Waals surface area (Å²) in [5.74, 6) is 0. The van der Waals surface area contributed by atoms with Crippen LogP contribution >= 0.6 is 7.82 Å². The predicted molar refractivity (Wildman–Crippen MR) is 118 cm³/mol. The summed E-state index contributed by atoms with van der Waals surface area (Å²) < 4.78 is 27.5. The van der Waals surface area contributed by atoms with Crippen LogP contribution in [-0.2, 0) is 18.3 Å². The zero-order valence-corrected chi connectivity index (χ0v) is 20.2. The minimum atomic E-state index is -4.13. The Morgan fingerprint density at radius 3 is 1.83 bits per heavy atom.